The fourth-order valence-corrected chi connectivity index (χ4v) is 5.30. The number of carbonyl (C=O) groups excluding carboxylic acids is 1. The highest BCUT2D eigenvalue weighted by atomic mass is 32.1. The predicted molar refractivity (Wildman–Crippen MR) is 125 cm³/mol. The van der Waals surface area contributed by atoms with Crippen molar-refractivity contribution in [2.75, 3.05) is 19.8 Å². The molecule has 2 heterocycles. The van der Waals surface area contributed by atoms with Gasteiger partial charge in [0.1, 0.15) is 10.7 Å². The zero-order chi connectivity index (χ0) is 22.5. The maximum absolute atomic E-state index is 13.0. The summed E-state index contributed by atoms with van der Waals surface area (Å²) in [6.07, 6.45) is 6.70. The summed E-state index contributed by atoms with van der Waals surface area (Å²) in [7, 11) is 0. The first-order chi connectivity index (χ1) is 15.6. The quantitative estimate of drug-likeness (QED) is 0.521. The molecule has 0 radical (unpaired) electrons. The van der Waals surface area contributed by atoms with E-state index >= 15 is 0 Å². The van der Waals surface area contributed by atoms with Crippen LogP contribution in [0.15, 0.2) is 23.0 Å². The van der Waals surface area contributed by atoms with Crippen LogP contribution in [0.4, 0.5) is 0 Å². The molecule has 4 rings (SSSR count). The van der Waals surface area contributed by atoms with Crippen LogP contribution in [0.25, 0.3) is 21.6 Å². The molecule has 1 aromatic carbocycles. The number of nitrogens with one attached hydrogen (secondary N) is 1. The SMILES string of the molecule is CCOC(=O)COc1ccc(-c2nc3sc4c(c3c(=O)[nH]2)CCCCCC4)cc1OCC. The smallest absolute Gasteiger partial charge is 0.344 e. The zero-order valence-corrected chi connectivity index (χ0v) is 19.3. The number of aromatic amines is 1. The standard InChI is InChI=1S/C24H28N2O5S/c1-3-29-18-13-15(11-12-17(18)31-14-20(27)30-4-2)22-25-23(28)21-16-9-7-5-6-8-10-19(16)32-24(21)26-22/h11-13H,3-10,14H2,1-2H3,(H,25,26,28). The number of benzene rings is 1. The van der Waals surface area contributed by atoms with Crippen LogP contribution >= 0.6 is 11.3 Å². The number of fused-ring (bicyclic) bond motifs is 3. The lowest BCUT2D eigenvalue weighted by Gasteiger charge is -2.13. The van der Waals surface area contributed by atoms with Gasteiger partial charge < -0.3 is 19.2 Å². The average Bonchev–Trinajstić information content (AvgIpc) is 3.10. The van der Waals surface area contributed by atoms with Crippen molar-refractivity contribution < 1.29 is 19.0 Å². The van der Waals surface area contributed by atoms with E-state index in [1.54, 1.807) is 36.5 Å². The molecule has 0 fully saturated rings. The average molecular weight is 457 g/mol. The molecule has 8 heteroatoms. The van der Waals surface area contributed by atoms with Crippen molar-refractivity contribution in [2.45, 2.75) is 52.4 Å². The van der Waals surface area contributed by atoms with Gasteiger partial charge in [-0.1, -0.05) is 12.8 Å². The molecule has 0 saturated carbocycles. The molecule has 32 heavy (non-hydrogen) atoms. The number of nitrogens with zero attached hydrogens (tertiary/aromatic N) is 1. The first-order valence-electron chi connectivity index (χ1n) is 11.2. The number of H-pyrrole nitrogens is 1. The first kappa shape index (κ1) is 22.3. The Bertz CT molecular complexity index is 1170. The van der Waals surface area contributed by atoms with Crippen molar-refractivity contribution in [2.24, 2.45) is 0 Å². The molecule has 0 spiro atoms. The van der Waals surface area contributed by atoms with Crippen LogP contribution in [-0.2, 0) is 22.4 Å². The number of rotatable bonds is 7. The van der Waals surface area contributed by atoms with Crippen molar-refractivity contribution in [1.29, 1.82) is 0 Å². The Morgan fingerprint density at radius 2 is 1.88 bits per heavy atom. The maximum atomic E-state index is 13.0. The van der Waals surface area contributed by atoms with Crippen molar-refractivity contribution in [3.8, 4) is 22.9 Å². The molecule has 0 aliphatic heterocycles. The van der Waals surface area contributed by atoms with Gasteiger partial charge in [0.05, 0.1) is 18.6 Å². The van der Waals surface area contributed by atoms with E-state index in [-0.39, 0.29) is 12.2 Å². The third-order valence-corrected chi connectivity index (χ3v) is 6.68. The Kier molecular flexibility index (Phi) is 7.09. The Balaban J connectivity index is 1.68. The molecule has 1 N–H and O–H groups in total. The summed E-state index contributed by atoms with van der Waals surface area (Å²) in [5.41, 5.74) is 1.81. The second kappa shape index (κ2) is 10.2. The van der Waals surface area contributed by atoms with Crippen molar-refractivity contribution >= 4 is 27.5 Å². The van der Waals surface area contributed by atoms with Crippen LogP contribution in [-0.4, -0.2) is 35.8 Å². The third kappa shape index (κ3) is 4.80. The van der Waals surface area contributed by atoms with Crippen molar-refractivity contribution in [1.82, 2.24) is 9.97 Å². The first-order valence-corrected chi connectivity index (χ1v) is 12.0. The number of aromatic nitrogens is 2. The number of thiophene rings is 1. The Morgan fingerprint density at radius 1 is 1.06 bits per heavy atom. The second-order valence-electron chi connectivity index (χ2n) is 7.70. The number of carbonyl (C=O) groups is 1. The highest BCUT2D eigenvalue weighted by Gasteiger charge is 2.19. The minimum atomic E-state index is -0.441. The third-order valence-electron chi connectivity index (χ3n) is 5.49. The number of esters is 1. The Morgan fingerprint density at radius 3 is 2.66 bits per heavy atom. The fraction of sp³-hybridized carbons (Fsp3) is 0.458. The molecule has 0 unspecified atom stereocenters. The summed E-state index contributed by atoms with van der Waals surface area (Å²) in [6, 6.07) is 5.30. The summed E-state index contributed by atoms with van der Waals surface area (Å²) >= 11 is 1.64. The largest absolute Gasteiger partial charge is 0.490 e. The van der Waals surface area contributed by atoms with Crippen LogP contribution in [0.5, 0.6) is 11.5 Å². The normalized spacial score (nSPS) is 13.8. The fourth-order valence-electron chi connectivity index (χ4n) is 4.04. The highest BCUT2D eigenvalue weighted by molar-refractivity contribution is 7.18. The van der Waals surface area contributed by atoms with Gasteiger partial charge in [-0.15, -0.1) is 11.3 Å². The minimum absolute atomic E-state index is 0.0938. The molecule has 170 valence electrons. The topological polar surface area (TPSA) is 90.5 Å². The minimum Gasteiger partial charge on any atom is -0.490 e. The monoisotopic (exact) mass is 456 g/mol. The summed E-state index contributed by atoms with van der Waals surface area (Å²) in [4.78, 5) is 34.5. The van der Waals surface area contributed by atoms with Gasteiger partial charge >= 0.3 is 5.97 Å². The highest BCUT2D eigenvalue weighted by Crippen LogP contribution is 2.35. The number of ether oxygens (including phenoxy) is 3. The van der Waals surface area contributed by atoms with Gasteiger partial charge in [-0.25, -0.2) is 9.78 Å². The van der Waals surface area contributed by atoms with E-state index in [0.717, 1.165) is 41.5 Å². The Labute approximate surface area is 190 Å². The molecule has 2 aromatic heterocycles. The van der Waals surface area contributed by atoms with Crippen LogP contribution < -0.4 is 15.0 Å². The van der Waals surface area contributed by atoms with Gasteiger partial charge in [0.2, 0.25) is 0 Å². The van der Waals surface area contributed by atoms with Crippen LogP contribution in [0.3, 0.4) is 0 Å². The molecule has 1 aliphatic carbocycles. The molecule has 1 aliphatic rings. The Hall–Kier alpha value is -2.87. The molecular weight excluding hydrogens is 428 g/mol. The molecule has 0 saturated heterocycles. The van der Waals surface area contributed by atoms with E-state index in [2.05, 4.69) is 4.98 Å². The van der Waals surface area contributed by atoms with E-state index in [1.165, 1.54) is 23.3 Å². The molecule has 0 amide bonds. The van der Waals surface area contributed by atoms with Crippen LogP contribution in [0.2, 0.25) is 0 Å². The van der Waals surface area contributed by atoms with Crippen LogP contribution in [0.1, 0.15) is 50.0 Å². The number of aryl methyl sites for hydroxylation is 2. The second-order valence-corrected chi connectivity index (χ2v) is 8.78. The molecule has 3 aromatic rings. The van der Waals surface area contributed by atoms with E-state index < -0.39 is 5.97 Å². The van der Waals surface area contributed by atoms with Gasteiger partial charge in [-0.05, 0) is 63.3 Å². The van der Waals surface area contributed by atoms with Crippen molar-refractivity contribution in [3.05, 3.63) is 39.0 Å². The summed E-state index contributed by atoms with van der Waals surface area (Å²) < 4.78 is 16.2. The van der Waals surface area contributed by atoms with Crippen LogP contribution in [0, 0.1) is 0 Å². The van der Waals surface area contributed by atoms with E-state index in [9.17, 15) is 9.59 Å². The van der Waals surface area contributed by atoms with Gasteiger partial charge in [-0.3, -0.25) is 4.79 Å². The van der Waals surface area contributed by atoms with E-state index in [0.29, 0.717) is 30.5 Å². The number of hydrogen-bond donors (Lipinski definition) is 1. The summed E-state index contributed by atoms with van der Waals surface area (Å²) in [6.45, 7) is 4.15. The molecular formula is C24H28N2O5S. The van der Waals surface area contributed by atoms with E-state index in [1.807, 2.05) is 6.92 Å². The van der Waals surface area contributed by atoms with Gasteiger partial charge in [0.15, 0.2) is 18.1 Å². The van der Waals surface area contributed by atoms with Crippen molar-refractivity contribution in [3.63, 3.8) is 0 Å². The lowest BCUT2D eigenvalue weighted by atomic mass is 9.98. The zero-order valence-electron chi connectivity index (χ0n) is 18.5. The lowest BCUT2D eigenvalue weighted by Crippen LogP contribution is -2.15. The number of hydrogen-bond acceptors (Lipinski definition) is 7. The molecule has 7 nitrogen and oxygen atoms in total. The van der Waals surface area contributed by atoms with Gasteiger partial charge in [-0.2, -0.15) is 0 Å². The molecule has 0 bridgehead atoms. The lowest BCUT2D eigenvalue weighted by molar-refractivity contribution is -0.145. The van der Waals surface area contributed by atoms with Gasteiger partial charge in [0.25, 0.3) is 5.56 Å². The van der Waals surface area contributed by atoms with E-state index in [4.69, 9.17) is 19.2 Å². The van der Waals surface area contributed by atoms with Gasteiger partial charge in [0, 0.05) is 10.4 Å². The summed E-state index contributed by atoms with van der Waals surface area (Å²) in [5.74, 6) is 0.972. The predicted octanol–water partition coefficient (Wildman–Crippen LogP) is 4.65. The summed E-state index contributed by atoms with van der Waals surface area (Å²) in [5, 5.41) is 0.745. The molecule has 0 atom stereocenters. The maximum Gasteiger partial charge on any atom is 0.344 e.